The van der Waals surface area contributed by atoms with Gasteiger partial charge in [0.05, 0.1) is 0 Å². The number of hydrogen-bond acceptors (Lipinski definition) is 3. The Morgan fingerprint density at radius 1 is 1.16 bits per heavy atom. The number of hydrogen-bond donors (Lipinski definition) is 1. The lowest BCUT2D eigenvalue weighted by Gasteiger charge is -2.06. The van der Waals surface area contributed by atoms with E-state index in [1.807, 2.05) is 0 Å². The maximum Gasteiger partial charge on any atom is 0.263 e. The van der Waals surface area contributed by atoms with Crippen molar-refractivity contribution in [3.63, 3.8) is 0 Å². The lowest BCUT2D eigenvalue weighted by Crippen LogP contribution is -2.03. The predicted octanol–water partition coefficient (Wildman–Crippen LogP) is 3.90. The highest BCUT2D eigenvalue weighted by molar-refractivity contribution is 5.57. The number of rotatable bonds is 5. The van der Waals surface area contributed by atoms with E-state index in [1.165, 1.54) is 12.1 Å². The van der Waals surface area contributed by atoms with E-state index in [2.05, 4.69) is 22.2 Å². The normalized spacial score (nSPS) is 10.7. The average molecular weight is 263 g/mol. The summed E-state index contributed by atoms with van der Waals surface area (Å²) in [5, 5.41) is 3.16. The van der Waals surface area contributed by atoms with Crippen molar-refractivity contribution in [3.05, 3.63) is 42.1 Å². The van der Waals surface area contributed by atoms with Gasteiger partial charge in [-0.2, -0.15) is 0 Å². The van der Waals surface area contributed by atoms with Gasteiger partial charge in [-0.25, -0.2) is 18.7 Å². The Bertz CT molecular complexity index is 526. The third-order valence-corrected chi connectivity index (χ3v) is 2.63. The fraction of sp³-hybridized carbons (Fsp3) is 0.286. The van der Waals surface area contributed by atoms with Crippen molar-refractivity contribution in [2.45, 2.75) is 19.8 Å². The second-order valence-electron chi connectivity index (χ2n) is 4.11. The summed E-state index contributed by atoms with van der Waals surface area (Å²) in [4.78, 5) is 8.50. The van der Waals surface area contributed by atoms with Crippen LogP contribution in [0.15, 0.2) is 36.5 Å². The third kappa shape index (κ3) is 3.47. The fourth-order valence-corrected chi connectivity index (χ4v) is 1.63. The summed E-state index contributed by atoms with van der Waals surface area (Å²) in [5.41, 5.74) is 0.730. The molecule has 100 valence electrons. The molecule has 1 heterocycles. The van der Waals surface area contributed by atoms with Crippen molar-refractivity contribution in [1.29, 1.82) is 0 Å². The zero-order chi connectivity index (χ0) is 13.7. The van der Waals surface area contributed by atoms with Crippen LogP contribution in [0.3, 0.4) is 0 Å². The summed E-state index contributed by atoms with van der Waals surface area (Å²) < 4.78 is 24.9. The number of nitrogens with zero attached hydrogens (tertiary/aromatic N) is 2. The van der Waals surface area contributed by atoms with Crippen molar-refractivity contribution in [3.8, 4) is 11.4 Å². The zero-order valence-electron chi connectivity index (χ0n) is 10.6. The van der Waals surface area contributed by atoms with Crippen LogP contribution in [0.2, 0.25) is 0 Å². The predicted molar refractivity (Wildman–Crippen MR) is 71.2 cm³/mol. The Morgan fingerprint density at radius 2 is 1.89 bits per heavy atom. The minimum atomic E-state index is -2.45. The molecule has 1 aromatic carbocycles. The molecule has 3 nitrogen and oxygen atoms in total. The first-order chi connectivity index (χ1) is 9.20. The fourth-order valence-electron chi connectivity index (χ4n) is 1.63. The molecule has 0 fully saturated rings. The Kier molecular flexibility index (Phi) is 4.39. The highest BCUT2D eigenvalue weighted by atomic mass is 19.3. The lowest BCUT2D eigenvalue weighted by molar-refractivity contribution is 0.151. The quantitative estimate of drug-likeness (QED) is 0.889. The summed E-state index contributed by atoms with van der Waals surface area (Å²) >= 11 is 0. The molecule has 0 radical (unpaired) electrons. The minimum Gasteiger partial charge on any atom is -0.370 e. The van der Waals surface area contributed by atoms with Gasteiger partial charge in [0, 0.05) is 23.9 Å². The first kappa shape index (κ1) is 13.4. The van der Waals surface area contributed by atoms with E-state index in [0.717, 1.165) is 24.3 Å². The summed E-state index contributed by atoms with van der Waals surface area (Å²) in [5.74, 6) is 1.27. The standard InChI is InChI=1S/C14H15F2N3/c1-2-8-17-12-7-9-18-14(19-12)11-5-3-10(4-6-11)13(15)16/h3-7,9,13H,2,8H2,1H3,(H,17,18,19). The second kappa shape index (κ2) is 6.22. The Balaban J connectivity index is 2.21. The molecule has 0 aliphatic rings. The third-order valence-electron chi connectivity index (χ3n) is 2.63. The minimum absolute atomic E-state index is 0.00372. The molecule has 0 saturated carbocycles. The van der Waals surface area contributed by atoms with Crippen molar-refractivity contribution in [1.82, 2.24) is 9.97 Å². The van der Waals surface area contributed by atoms with E-state index in [1.54, 1.807) is 24.4 Å². The van der Waals surface area contributed by atoms with Crippen LogP contribution in [0.4, 0.5) is 14.6 Å². The summed E-state index contributed by atoms with van der Waals surface area (Å²) in [6.07, 6.45) is 0.205. The smallest absolute Gasteiger partial charge is 0.263 e. The van der Waals surface area contributed by atoms with Crippen molar-refractivity contribution in [2.75, 3.05) is 11.9 Å². The van der Waals surface area contributed by atoms with E-state index in [4.69, 9.17) is 0 Å². The molecule has 0 spiro atoms. The van der Waals surface area contributed by atoms with Gasteiger partial charge in [0.1, 0.15) is 5.82 Å². The summed E-state index contributed by atoms with van der Waals surface area (Å²) in [7, 11) is 0. The second-order valence-corrected chi connectivity index (χ2v) is 4.11. The van der Waals surface area contributed by atoms with E-state index in [-0.39, 0.29) is 5.56 Å². The van der Waals surface area contributed by atoms with E-state index in [9.17, 15) is 8.78 Å². The Hall–Kier alpha value is -2.04. The summed E-state index contributed by atoms with van der Waals surface area (Å²) in [6.45, 7) is 2.90. The van der Waals surface area contributed by atoms with E-state index >= 15 is 0 Å². The van der Waals surface area contributed by atoms with Gasteiger partial charge in [-0.1, -0.05) is 31.2 Å². The summed E-state index contributed by atoms with van der Waals surface area (Å²) in [6, 6.07) is 7.80. The van der Waals surface area contributed by atoms with Crippen LogP contribution < -0.4 is 5.32 Å². The van der Waals surface area contributed by atoms with Crippen molar-refractivity contribution in [2.24, 2.45) is 0 Å². The van der Waals surface area contributed by atoms with Crippen molar-refractivity contribution >= 4 is 5.82 Å². The van der Waals surface area contributed by atoms with Crippen LogP contribution in [0.5, 0.6) is 0 Å². The molecule has 0 atom stereocenters. The number of benzene rings is 1. The van der Waals surface area contributed by atoms with Gasteiger partial charge in [0.25, 0.3) is 6.43 Å². The molecule has 19 heavy (non-hydrogen) atoms. The molecule has 1 aromatic heterocycles. The molecule has 0 unspecified atom stereocenters. The maximum absolute atomic E-state index is 12.5. The number of anilines is 1. The molecule has 2 rings (SSSR count). The van der Waals surface area contributed by atoms with Gasteiger partial charge in [0.15, 0.2) is 5.82 Å². The van der Waals surface area contributed by atoms with E-state index < -0.39 is 6.43 Å². The molecule has 0 amide bonds. The molecular weight excluding hydrogens is 248 g/mol. The van der Waals surface area contributed by atoms with Gasteiger partial charge in [-0.05, 0) is 12.5 Å². The highest BCUT2D eigenvalue weighted by Gasteiger charge is 2.08. The topological polar surface area (TPSA) is 37.8 Å². The van der Waals surface area contributed by atoms with Crippen LogP contribution >= 0.6 is 0 Å². The molecule has 1 N–H and O–H groups in total. The van der Waals surface area contributed by atoms with Gasteiger partial charge in [-0.15, -0.1) is 0 Å². The van der Waals surface area contributed by atoms with Gasteiger partial charge in [0.2, 0.25) is 0 Å². The number of nitrogens with one attached hydrogen (secondary N) is 1. The van der Waals surface area contributed by atoms with Crippen LogP contribution in [-0.4, -0.2) is 16.5 Å². The molecule has 0 saturated heterocycles. The number of halogens is 2. The van der Waals surface area contributed by atoms with Crippen LogP contribution in [0.25, 0.3) is 11.4 Å². The SMILES string of the molecule is CCCNc1ccnc(-c2ccc(C(F)F)cc2)n1. The number of aromatic nitrogens is 2. The van der Waals surface area contributed by atoms with Gasteiger partial charge >= 0.3 is 0 Å². The van der Waals surface area contributed by atoms with Crippen LogP contribution in [-0.2, 0) is 0 Å². The maximum atomic E-state index is 12.5. The zero-order valence-corrected chi connectivity index (χ0v) is 10.6. The Labute approximate surface area is 110 Å². The van der Waals surface area contributed by atoms with Gasteiger partial charge in [-0.3, -0.25) is 0 Å². The molecule has 0 bridgehead atoms. The van der Waals surface area contributed by atoms with Crippen molar-refractivity contribution < 1.29 is 8.78 Å². The average Bonchev–Trinajstić information content (AvgIpc) is 2.45. The first-order valence-corrected chi connectivity index (χ1v) is 6.16. The largest absolute Gasteiger partial charge is 0.370 e. The molecule has 0 aliphatic carbocycles. The highest BCUT2D eigenvalue weighted by Crippen LogP contribution is 2.22. The molecule has 5 heteroatoms. The van der Waals surface area contributed by atoms with Crippen LogP contribution in [0.1, 0.15) is 25.3 Å². The van der Waals surface area contributed by atoms with Crippen LogP contribution in [0, 0.1) is 0 Å². The van der Waals surface area contributed by atoms with E-state index in [0.29, 0.717) is 5.82 Å². The monoisotopic (exact) mass is 263 g/mol. The first-order valence-electron chi connectivity index (χ1n) is 6.16. The number of alkyl halides is 2. The molecule has 0 aliphatic heterocycles. The lowest BCUT2D eigenvalue weighted by atomic mass is 10.1. The molecule has 2 aromatic rings. The van der Waals surface area contributed by atoms with Gasteiger partial charge < -0.3 is 5.32 Å². The molecular formula is C14H15F2N3. The Morgan fingerprint density at radius 3 is 2.53 bits per heavy atom.